The maximum absolute atomic E-state index is 11.1. The van der Waals surface area contributed by atoms with Crippen LogP contribution < -0.4 is 10.9 Å². The lowest BCUT2D eigenvalue weighted by Crippen LogP contribution is -2.14. The fourth-order valence-corrected chi connectivity index (χ4v) is 3.62. The van der Waals surface area contributed by atoms with Gasteiger partial charge in [-0.3, -0.25) is 0 Å². The molecular formula is C11H13N3O2S2. The molecule has 0 bridgehead atoms. The van der Waals surface area contributed by atoms with Gasteiger partial charge in [0.25, 0.3) is 0 Å². The van der Waals surface area contributed by atoms with Crippen molar-refractivity contribution in [1.82, 2.24) is 4.98 Å². The first-order valence-corrected chi connectivity index (χ1v) is 7.77. The summed E-state index contributed by atoms with van der Waals surface area (Å²) in [7, 11) is -3.56. The molecule has 0 aliphatic rings. The van der Waals surface area contributed by atoms with Gasteiger partial charge in [0, 0.05) is 6.54 Å². The molecule has 0 unspecified atom stereocenters. The van der Waals surface area contributed by atoms with Crippen molar-refractivity contribution in [3.05, 3.63) is 41.0 Å². The van der Waals surface area contributed by atoms with Gasteiger partial charge in [0.15, 0.2) is 0 Å². The van der Waals surface area contributed by atoms with Crippen molar-refractivity contribution in [2.45, 2.75) is 12.3 Å². The van der Waals surface area contributed by atoms with Crippen LogP contribution in [-0.2, 0) is 22.3 Å². The predicted molar refractivity (Wildman–Crippen MR) is 72.3 cm³/mol. The molecule has 96 valence electrons. The Kier molecular flexibility index (Phi) is 3.76. The molecule has 0 fully saturated rings. The summed E-state index contributed by atoms with van der Waals surface area (Å²) in [5, 5.41) is 5.48. The summed E-state index contributed by atoms with van der Waals surface area (Å²) in [6.07, 6.45) is 0. The molecule has 0 aliphatic heterocycles. The Hall–Kier alpha value is -1.28. The summed E-state index contributed by atoms with van der Waals surface area (Å²) < 4.78 is 22.1. The molecule has 1 aromatic carbocycles. The summed E-state index contributed by atoms with van der Waals surface area (Å²) in [6, 6.07) is 9.61. The van der Waals surface area contributed by atoms with Crippen LogP contribution in [0.3, 0.4) is 0 Å². The Bertz CT molecular complexity index is 636. The number of nitrogens with zero attached hydrogens (tertiary/aromatic N) is 1. The third-order valence-electron chi connectivity index (χ3n) is 2.30. The number of thiazole rings is 1. The van der Waals surface area contributed by atoms with E-state index in [4.69, 9.17) is 10.9 Å². The lowest BCUT2D eigenvalue weighted by Gasteiger charge is -1.98. The monoisotopic (exact) mass is 283 g/mol. The van der Waals surface area contributed by atoms with Crippen LogP contribution in [0.25, 0.3) is 10.4 Å². The van der Waals surface area contributed by atoms with Crippen LogP contribution >= 0.6 is 11.3 Å². The second kappa shape index (κ2) is 5.15. The van der Waals surface area contributed by atoms with Crippen molar-refractivity contribution in [1.29, 1.82) is 0 Å². The second-order valence-electron chi connectivity index (χ2n) is 3.76. The van der Waals surface area contributed by atoms with Gasteiger partial charge in [0.05, 0.1) is 10.6 Å². The predicted octanol–water partition coefficient (Wildman–Crippen LogP) is 1.06. The van der Waals surface area contributed by atoms with Gasteiger partial charge in [-0.25, -0.2) is 18.5 Å². The Balaban J connectivity index is 2.42. The Morgan fingerprint density at radius 3 is 2.44 bits per heavy atom. The first kappa shape index (κ1) is 13.2. The smallest absolute Gasteiger partial charge is 0.215 e. The number of hydrogen-bond donors (Lipinski definition) is 2. The van der Waals surface area contributed by atoms with Crippen molar-refractivity contribution < 1.29 is 8.42 Å². The van der Waals surface area contributed by atoms with E-state index in [0.717, 1.165) is 10.4 Å². The molecule has 0 saturated carbocycles. The van der Waals surface area contributed by atoms with Crippen molar-refractivity contribution in [2.24, 2.45) is 10.9 Å². The molecule has 0 radical (unpaired) electrons. The van der Waals surface area contributed by atoms with Gasteiger partial charge in [0.2, 0.25) is 10.0 Å². The average molecular weight is 283 g/mol. The van der Waals surface area contributed by atoms with Crippen molar-refractivity contribution in [2.75, 3.05) is 0 Å². The summed E-state index contributed by atoms with van der Waals surface area (Å²) in [5.41, 5.74) is 7.31. The maximum atomic E-state index is 11.1. The molecule has 7 heteroatoms. The zero-order chi connectivity index (χ0) is 13.2. The largest absolute Gasteiger partial charge is 0.325 e. The van der Waals surface area contributed by atoms with Gasteiger partial charge in [-0.2, -0.15) is 0 Å². The number of primary sulfonamides is 1. The lowest BCUT2D eigenvalue weighted by atomic mass is 10.1. The van der Waals surface area contributed by atoms with Gasteiger partial charge in [-0.1, -0.05) is 30.3 Å². The molecule has 18 heavy (non-hydrogen) atoms. The van der Waals surface area contributed by atoms with E-state index >= 15 is 0 Å². The zero-order valence-corrected chi connectivity index (χ0v) is 11.2. The van der Waals surface area contributed by atoms with Gasteiger partial charge in [-0.05, 0) is 5.56 Å². The fourth-order valence-electron chi connectivity index (χ4n) is 1.59. The highest BCUT2D eigenvalue weighted by Crippen LogP contribution is 2.30. The molecule has 2 rings (SSSR count). The molecule has 0 atom stereocenters. The van der Waals surface area contributed by atoms with Gasteiger partial charge in [0.1, 0.15) is 10.8 Å². The van der Waals surface area contributed by atoms with Crippen LogP contribution in [-0.4, -0.2) is 13.4 Å². The molecule has 2 aromatic rings. The maximum Gasteiger partial charge on any atom is 0.215 e. The highest BCUT2D eigenvalue weighted by molar-refractivity contribution is 7.88. The number of nitrogens with two attached hydrogens (primary N) is 2. The molecule has 0 aliphatic carbocycles. The summed E-state index contributed by atoms with van der Waals surface area (Å²) in [4.78, 5) is 5.12. The van der Waals surface area contributed by atoms with Gasteiger partial charge in [-0.15, -0.1) is 11.3 Å². The Morgan fingerprint density at radius 1 is 1.22 bits per heavy atom. The molecule has 0 saturated heterocycles. The van der Waals surface area contributed by atoms with E-state index in [-0.39, 0.29) is 12.3 Å². The highest BCUT2D eigenvalue weighted by atomic mass is 32.2. The first-order chi connectivity index (χ1) is 8.49. The SMILES string of the molecule is NCc1nc(CS(N)(=O)=O)sc1-c1ccccc1. The van der Waals surface area contributed by atoms with E-state index in [1.807, 2.05) is 30.3 Å². The van der Waals surface area contributed by atoms with E-state index in [1.165, 1.54) is 11.3 Å². The van der Waals surface area contributed by atoms with Crippen molar-refractivity contribution >= 4 is 21.4 Å². The van der Waals surface area contributed by atoms with Crippen LogP contribution in [0.5, 0.6) is 0 Å². The van der Waals surface area contributed by atoms with Gasteiger partial charge >= 0.3 is 0 Å². The second-order valence-corrected chi connectivity index (χ2v) is 6.46. The Labute approximate surface area is 110 Å². The van der Waals surface area contributed by atoms with Crippen LogP contribution in [0.2, 0.25) is 0 Å². The Morgan fingerprint density at radius 2 is 1.89 bits per heavy atom. The molecule has 0 spiro atoms. The van der Waals surface area contributed by atoms with Crippen LogP contribution in [0.15, 0.2) is 30.3 Å². The summed E-state index contributed by atoms with van der Waals surface area (Å²) in [5.74, 6) is -0.252. The van der Waals surface area contributed by atoms with Crippen LogP contribution in [0, 0.1) is 0 Å². The van der Waals surface area contributed by atoms with E-state index in [2.05, 4.69) is 4.98 Å². The normalized spacial score (nSPS) is 11.7. The zero-order valence-electron chi connectivity index (χ0n) is 9.54. The lowest BCUT2D eigenvalue weighted by molar-refractivity contribution is 0.597. The first-order valence-electron chi connectivity index (χ1n) is 5.24. The highest BCUT2D eigenvalue weighted by Gasteiger charge is 2.15. The van der Waals surface area contributed by atoms with Crippen LogP contribution in [0.4, 0.5) is 0 Å². The molecule has 4 N–H and O–H groups in total. The third-order valence-corrected chi connectivity index (χ3v) is 4.30. The standard InChI is InChI=1S/C11H13N3O2S2/c12-6-9-11(8-4-2-1-3-5-8)17-10(14-9)7-18(13,15)16/h1-5H,6-7,12H2,(H2,13,15,16). The molecule has 5 nitrogen and oxygen atoms in total. The minimum Gasteiger partial charge on any atom is -0.325 e. The number of sulfonamides is 1. The minimum atomic E-state index is -3.56. The average Bonchev–Trinajstić information content (AvgIpc) is 2.71. The van der Waals surface area contributed by atoms with Crippen LogP contribution in [0.1, 0.15) is 10.7 Å². The van der Waals surface area contributed by atoms with Crippen molar-refractivity contribution in [3.8, 4) is 10.4 Å². The number of rotatable bonds is 4. The van der Waals surface area contributed by atoms with E-state index in [1.54, 1.807) is 0 Å². The fraction of sp³-hybridized carbons (Fsp3) is 0.182. The van der Waals surface area contributed by atoms with Crippen molar-refractivity contribution in [3.63, 3.8) is 0 Å². The number of hydrogen-bond acceptors (Lipinski definition) is 5. The van der Waals surface area contributed by atoms with E-state index in [9.17, 15) is 8.42 Å². The summed E-state index contributed by atoms with van der Waals surface area (Å²) in [6.45, 7) is 0.269. The number of aromatic nitrogens is 1. The topological polar surface area (TPSA) is 99.1 Å². The van der Waals surface area contributed by atoms with Gasteiger partial charge < -0.3 is 5.73 Å². The third kappa shape index (κ3) is 3.14. The van der Waals surface area contributed by atoms with E-state index in [0.29, 0.717) is 10.7 Å². The molecule has 1 aromatic heterocycles. The molecular weight excluding hydrogens is 270 g/mol. The minimum absolute atomic E-state index is 0.252. The molecule has 1 heterocycles. The number of benzene rings is 1. The summed E-state index contributed by atoms with van der Waals surface area (Å²) >= 11 is 1.31. The van der Waals surface area contributed by atoms with E-state index < -0.39 is 10.0 Å². The molecule has 0 amide bonds. The quantitative estimate of drug-likeness (QED) is 0.876.